The lowest BCUT2D eigenvalue weighted by Crippen LogP contribution is -2.55. The Hall–Kier alpha value is -2.74. The van der Waals surface area contributed by atoms with Crippen LogP contribution in [0.1, 0.15) is 17.5 Å². The molecule has 2 aromatic heterocycles. The quantitative estimate of drug-likeness (QED) is 0.417. The number of carbonyl (C=O) groups is 1. The number of amides is 1. The first kappa shape index (κ1) is 22.5. The van der Waals surface area contributed by atoms with Crippen LogP contribution in [0.25, 0.3) is 21.3 Å². The molecule has 0 radical (unpaired) electrons. The average Bonchev–Trinajstić information content (AvgIpc) is 3.16. The molecular formula is C23H19Cl2FN4OS. The van der Waals surface area contributed by atoms with Gasteiger partial charge < -0.3 is 10.6 Å². The van der Waals surface area contributed by atoms with Crippen LogP contribution in [-0.2, 0) is 11.2 Å². The fourth-order valence-electron chi connectivity index (χ4n) is 3.94. The molecule has 3 heterocycles. The van der Waals surface area contributed by atoms with Gasteiger partial charge in [-0.05, 0) is 47.4 Å². The van der Waals surface area contributed by atoms with E-state index in [1.54, 1.807) is 29.9 Å². The Morgan fingerprint density at radius 2 is 2.09 bits per heavy atom. The smallest absolute Gasteiger partial charge is 0.240 e. The standard InChI is InChI=1S/C23H18ClFN4OS.ClH/c24-16-3-1-2-14(9-16)20-21(25)15(10-18-22(20)28-12-31-18)8-13-4-5-19(27-11-13)29-7-6-17(29)23(26)30;/h1-5,9-12,17H,6-8H2,(H2,26,30);1H/t17-;/m0./s1. The summed E-state index contributed by atoms with van der Waals surface area (Å²) in [5.41, 5.74) is 10.4. The summed E-state index contributed by atoms with van der Waals surface area (Å²) in [6, 6.07) is 12.5. The van der Waals surface area contributed by atoms with E-state index in [0.29, 0.717) is 39.5 Å². The Labute approximate surface area is 199 Å². The molecule has 164 valence electrons. The lowest BCUT2D eigenvalue weighted by Gasteiger charge is -2.39. The van der Waals surface area contributed by atoms with Crippen LogP contribution in [0.2, 0.25) is 5.02 Å². The first-order valence-corrected chi connectivity index (χ1v) is 11.1. The van der Waals surface area contributed by atoms with Crippen molar-refractivity contribution in [3.63, 3.8) is 0 Å². The first-order valence-electron chi connectivity index (χ1n) is 9.82. The van der Waals surface area contributed by atoms with E-state index < -0.39 is 0 Å². The van der Waals surface area contributed by atoms with Crippen LogP contribution < -0.4 is 10.6 Å². The molecule has 0 spiro atoms. The van der Waals surface area contributed by atoms with E-state index in [2.05, 4.69) is 9.97 Å². The van der Waals surface area contributed by atoms with Crippen molar-refractivity contribution in [2.75, 3.05) is 11.4 Å². The van der Waals surface area contributed by atoms with Crippen molar-refractivity contribution in [1.29, 1.82) is 0 Å². The molecule has 4 aromatic rings. The number of carbonyl (C=O) groups excluding carboxylic acids is 1. The summed E-state index contributed by atoms with van der Waals surface area (Å²) in [5, 5.41) is 0.547. The highest BCUT2D eigenvalue weighted by Crippen LogP contribution is 2.36. The van der Waals surface area contributed by atoms with E-state index in [4.69, 9.17) is 17.3 Å². The van der Waals surface area contributed by atoms with E-state index in [9.17, 15) is 4.79 Å². The van der Waals surface area contributed by atoms with Gasteiger partial charge >= 0.3 is 0 Å². The minimum Gasteiger partial charge on any atom is -0.368 e. The monoisotopic (exact) mass is 488 g/mol. The number of fused-ring (bicyclic) bond motifs is 1. The van der Waals surface area contributed by atoms with E-state index in [1.807, 2.05) is 29.2 Å². The third-order valence-corrected chi connectivity index (χ3v) is 6.61. The molecule has 0 saturated carbocycles. The van der Waals surface area contributed by atoms with Crippen LogP contribution in [0.3, 0.4) is 0 Å². The molecule has 0 aliphatic carbocycles. The molecule has 9 heteroatoms. The highest BCUT2D eigenvalue weighted by Gasteiger charge is 2.33. The summed E-state index contributed by atoms with van der Waals surface area (Å²) < 4.78 is 16.6. The lowest BCUT2D eigenvalue weighted by molar-refractivity contribution is -0.120. The zero-order valence-electron chi connectivity index (χ0n) is 16.8. The van der Waals surface area contributed by atoms with Crippen LogP contribution in [-0.4, -0.2) is 28.5 Å². The molecule has 1 aliphatic heterocycles. The second-order valence-corrected chi connectivity index (χ2v) is 8.86. The topological polar surface area (TPSA) is 72.1 Å². The number of pyridine rings is 1. The van der Waals surface area contributed by atoms with E-state index >= 15 is 4.39 Å². The number of nitrogens with zero attached hydrogens (tertiary/aromatic N) is 3. The van der Waals surface area contributed by atoms with Crippen molar-refractivity contribution in [3.8, 4) is 11.1 Å². The lowest BCUT2D eigenvalue weighted by atomic mass is 9.97. The third-order valence-electron chi connectivity index (χ3n) is 5.60. The fraction of sp³-hybridized carbons (Fsp3) is 0.174. The summed E-state index contributed by atoms with van der Waals surface area (Å²) in [6.45, 7) is 0.750. The molecule has 0 unspecified atom stereocenters. The largest absolute Gasteiger partial charge is 0.368 e. The maximum Gasteiger partial charge on any atom is 0.240 e. The number of primary amides is 1. The van der Waals surface area contributed by atoms with E-state index in [1.165, 1.54) is 11.3 Å². The van der Waals surface area contributed by atoms with Crippen molar-refractivity contribution in [2.24, 2.45) is 5.73 Å². The summed E-state index contributed by atoms with van der Waals surface area (Å²) >= 11 is 7.62. The van der Waals surface area contributed by atoms with Gasteiger partial charge in [-0.3, -0.25) is 4.79 Å². The molecule has 1 atom stereocenters. The summed E-state index contributed by atoms with van der Waals surface area (Å²) in [7, 11) is 0. The number of hydrogen-bond donors (Lipinski definition) is 1. The van der Waals surface area contributed by atoms with Gasteiger partial charge in [-0.25, -0.2) is 14.4 Å². The number of benzene rings is 2. The third kappa shape index (κ3) is 4.03. The molecule has 1 saturated heterocycles. The van der Waals surface area contributed by atoms with E-state index in [0.717, 1.165) is 23.2 Å². The zero-order valence-corrected chi connectivity index (χ0v) is 19.2. The van der Waals surface area contributed by atoms with Gasteiger partial charge in [-0.2, -0.15) is 0 Å². The summed E-state index contributed by atoms with van der Waals surface area (Å²) in [4.78, 5) is 22.2. The highest BCUT2D eigenvalue weighted by molar-refractivity contribution is 7.16. The zero-order chi connectivity index (χ0) is 21.5. The molecule has 5 rings (SSSR count). The predicted molar refractivity (Wildman–Crippen MR) is 129 cm³/mol. The molecule has 1 amide bonds. The van der Waals surface area contributed by atoms with Gasteiger partial charge in [0.1, 0.15) is 17.7 Å². The second kappa shape index (κ2) is 9.02. The molecule has 0 bridgehead atoms. The van der Waals surface area contributed by atoms with Crippen LogP contribution in [0, 0.1) is 5.82 Å². The second-order valence-electron chi connectivity index (χ2n) is 7.54. The number of rotatable bonds is 5. The Morgan fingerprint density at radius 3 is 2.75 bits per heavy atom. The van der Waals surface area contributed by atoms with Crippen LogP contribution in [0.4, 0.5) is 10.2 Å². The van der Waals surface area contributed by atoms with Crippen molar-refractivity contribution in [3.05, 3.63) is 76.1 Å². The molecular weight excluding hydrogens is 470 g/mol. The normalized spacial score (nSPS) is 15.3. The molecule has 2 aromatic carbocycles. The summed E-state index contributed by atoms with van der Waals surface area (Å²) in [6.07, 6.45) is 2.85. The fourth-order valence-corrected chi connectivity index (χ4v) is 4.87. The minimum atomic E-state index is -0.342. The number of nitrogens with two attached hydrogens (primary N) is 1. The Morgan fingerprint density at radius 1 is 1.25 bits per heavy atom. The van der Waals surface area contributed by atoms with Gasteiger partial charge in [0.05, 0.1) is 15.7 Å². The van der Waals surface area contributed by atoms with Crippen molar-refractivity contribution < 1.29 is 9.18 Å². The number of thiazole rings is 1. The Bertz CT molecular complexity index is 1300. The number of hydrogen-bond acceptors (Lipinski definition) is 5. The van der Waals surface area contributed by atoms with Crippen LogP contribution in [0.5, 0.6) is 0 Å². The first-order chi connectivity index (χ1) is 15.0. The molecule has 32 heavy (non-hydrogen) atoms. The Kier molecular flexibility index (Phi) is 6.33. The van der Waals surface area contributed by atoms with Crippen molar-refractivity contribution >= 4 is 57.3 Å². The van der Waals surface area contributed by atoms with Gasteiger partial charge in [-0.15, -0.1) is 23.7 Å². The molecule has 2 N–H and O–H groups in total. The Balaban J connectivity index is 0.00000245. The highest BCUT2D eigenvalue weighted by atomic mass is 35.5. The SMILES string of the molecule is Cl.NC(=O)[C@@H]1CCN1c1ccc(Cc2cc3scnc3c(-c3cccc(Cl)c3)c2F)cn1. The van der Waals surface area contributed by atoms with Gasteiger partial charge in [0.25, 0.3) is 0 Å². The number of aromatic nitrogens is 2. The maximum atomic E-state index is 15.6. The average molecular weight is 489 g/mol. The molecule has 5 nitrogen and oxygen atoms in total. The van der Waals surface area contributed by atoms with Crippen molar-refractivity contribution in [2.45, 2.75) is 18.9 Å². The minimum absolute atomic E-state index is 0. The molecule has 1 fully saturated rings. The van der Waals surface area contributed by atoms with Crippen LogP contribution >= 0.6 is 35.3 Å². The van der Waals surface area contributed by atoms with Gasteiger partial charge in [0.2, 0.25) is 5.91 Å². The summed E-state index contributed by atoms with van der Waals surface area (Å²) in [5.74, 6) is 0.0590. The van der Waals surface area contributed by atoms with Gasteiger partial charge in [0, 0.05) is 29.7 Å². The maximum absolute atomic E-state index is 15.6. The van der Waals surface area contributed by atoms with Crippen molar-refractivity contribution in [1.82, 2.24) is 9.97 Å². The molecule has 1 aliphatic rings. The van der Waals surface area contributed by atoms with E-state index in [-0.39, 0.29) is 30.2 Å². The van der Waals surface area contributed by atoms with Crippen LogP contribution in [0.15, 0.2) is 54.2 Å². The predicted octanol–water partition coefficient (Wildman–Crippen LogP) is 5.23. The number of anilines is 1. The number of halogens is 3. The van der Waals surface area contributed by atoms with Gasteiger partial charge in [-0.1, -0.05) is 29.8 Å². The van der Waals surface area contributed by atoms with Gasteiger partial charge in [0.15, 0.2) is 0 Å².